The van der Waals surface area contributed by atoms with Gasteiger partial charge in [-0.15, -0.1) is 0 Å². The number of nitrogens with zero attached hydrogens (tertiary/aromatic N) is 4. The van der Waals surface area contributed by atoms with E-state index >= 15 is 0 Å². The lowest BCUT2D eigenvalue weighted by Crippen LogP contribution is -2.33. The van der Waals surface area contributed by atoms with Gasteiger partial charge in [-0.05, 0) is 50.2 Å². The van der Waals surface area contributed by atoms with Crippen molar-refractivity contribution in [1.29, 1.82) is 0 Å². The summed E-state index contributed by atoms with van der Waals surface area (Å²) >= 11 is 0. The summed E-state index contributed by atoms with van der Waals surface area (Å²) in [6.45, 7) is 2.94. The highest BCUT2D eigenvalue weighted by Gasteiger charge is 2.25. The smallest absolute Gasteiger partial charge is 0.241 e. The average Bonchev–Trinajstić information content (AvgIpc) is 3.23. The van der Waals surface area contributed by atoms with Crippen molar-refractivity contribution in [3.05, 3.63) is 60.6 Å². The number of imidazole rings is 1. The Morgan fingerprint density at radius 1 is 1.07 bits per heavy atom. The summed E-state index contributed by atoms with van der Waals surface area (Å²) in [5.74, 6) is 2.47. The molecular weight excluding hydrogens is 342 g/mol. The second-order valence-corrected chi connectivity index (χ2v) is 6.65. The van der Waals surface area contributed by atoms with Crippen LogP contribution in [0.15, 0.2) is 49.2 Å². The molecule has 1 fully saturated rings. The van der Waals surface area contributed by atoms with E-state index in [2.05, 4.69) is 24.8 Å². The summed E-state index contributed by atoms with van der Waals surface area (Å²) in [4.78, 5) is 18.7. The van der Waals surface area contributed by atoms with Crippen LogP contribution >= 0.6 is 0 Å². The van der Waals surface area contributed by atoms with E-state index in [0.29, 0.717) is 11.8 Å². The zero-order chi connectivity index (χ0) is 18.5. The lowest BCUT2D eigenvalue weighted by atomic mass is 9.93. The fraction of sp³-hybridized carbons (Fsp3) is 0.350. The van der Waals surface area contributed by atoms with Crippen molar-refractivity contribution in [1.82, 2.24) is 24.8 Å². The van der Waals surface area contributed by atoms with E-state index in [4.69, 9.17) is 9.47 Å². The highest BCUT2D eigenvalue weighted by molar-refractivity contribution is 5.35. The van der Waals surface area contributed by atoms with Crippen LogP contribution in [0.4, 0.5) is 0 Å². The largest absolute Gasteiger partial charge is 0.497 e. The minimum absolute atomic E-state index is 0.352. The number of likely N-dealkylation sites (tertiary alicyclic amines) is 1. The highest BCUT2D eigenvalue weighted by atomic mass is 16.5. The van der Waals surface area contributed by atoms with E-state index < -0.39 is 0 Å². The van der Waals surface area contributed by atoms with Gasteiger partial charge in [-0.1, -0.05) is 0 Å². The summed E-state index contributed by atoms with van der Waals surface area (Å²) in [5.41, 5.74) is 2.09. The Labute approximate surface area is 158 Å². The topological polar surface area (TPSA) is 76.2 Å². The number of aromatic nitrogens is 4. The quantitative estimate of drug-likeness (QED) is 0.722. The van der Waals surface area contributed by atoms with Gasteiger partial charge in [-0.3, -0.25) is 9.88 Å². The van der Waals surface area contributed by atoms with Crippen LogP contribution in [0, 0.1) is 0 Å². The zero-order valence-electron chi connectivity index (χ0n) is 15.3. The molecule has 1 aliphatic rings. The summed E-state index contributed by atoms with van der Waals surface area (Å²) in [6, 6.07) is 7.51. The third kappa shape index (κ3) is 4.25. The molecule has 1 aromatic carbocycles. The van der Waals surface area contributed by atoms with Gasteiger partial charge in [0.25, 0.3) is 0 Å². The van der Waals surface area contributed by atoms with Crippen molar-refractivity contribution < 1.29 is 9.47 Å². The first-order chi connectivity index (χ1) is 13.3. The molecule has 2 aromatic heterocycles. The van der Waals surface area contributed by atoms with E-state index in [9.17, 15) is 0 Å². The van der Waals surface area contributed by atoms with Crippen LogP contribution in [0.25, 0.3) is 0 Å². The van der Waals surface area contributed by atoms with Crippen molar-refractivity contribution in [2.75, 3.05) is 20.2 Å². The van der Waals surface area contributed by atoms with Gasteiger partial charge in [0.15, 0.2) is 0 Å². The van der Waals surface area contributed by atoms with Crippen LogP contribution in [0.2, 0.25) is 0 Å². The number of aromatic amines is 1. The molecule has 0 bridgehead atoms. The van der Waals surface area contributed by atoms with Crippen molar-refractivity contribution in [2.45, 2.75) is 25.3 Å². The number of ether oxygens (including phenoxy) is 2. The van der Waals surface area contributed by atoms with Gasteiger partial charge in [-0.2, -0.15) is 0 Å². The lowest BCUT2D eigenvalue weighted by molar-refractivity contribution is 0.200. The van der Waals surface area contributed by atoms with Crippen molar-refractivity contribution in [3.8, 4) is 17.4 Å². The first-order valence-electron chi connectivity index (χ1n) is 9.14. The molecule has 0 saturated carbocycles. The van der Waals surface area contributed by atoms with E-state index in [0.717, 1.165) is 55.4 Å². The standard InChI is InChI=1S/C20H23N5O2/c1-26-17-2-4-18(5-3-17)27-20-19(22-8-9-23-20)15-6-10-25(11-7-15)13-16-12-21-14-24-16/h2-5,8-9,12,14-15H,6-7,10-11,13H2,1H3,(H,21,24). The molecule has 1 N–H and O–H groups in total. The van der Waals surface area contributed by atoms with Crippen LogP contribution in [-0.2, 0) is 6.54 Å². The molecule has 3 heterocycles. The Morgan fingerprint density at radius 3 is 2.52 bits per heavy atom. The Morgan fingerprint density at radius 2 is 1.81 bits per heavy atom. The van der Waals surface area contributed by atoms with Crippen molar-refractivity contribution >= 4 is 0 Å². The highest BCUT2D eigenvalue weighted by Crippen LogP contribution is 2.34. The lowest BCUT2D eigenvalue weighted by Gasteiger charge is -2.31. The van der Waals surface area contributed by atoms with E-state index in [-0.39, 0.29) is 0 Å². The maximum atomic E-state index is 6.02. The van der Waals surface area contributed by atoms with Gasteiger partial charge in [0.05, 0.1) is 13.4 Å². The van der Waals surface area contributed by atoms with E-state index in [1.165, 1.54) is 0 Å². The van der Waals surface area contributed by atoms with Crippen LogP contribution in [0.3, 0.4) is 0 Å². The molecule has 1 saturated heterocycles. The Kier molecular flexibility index (Phi) is 5.29. The average molecular weight is 365 g/mol. The number of nitrogens with one attached hydrogen (secondary N) is 1. The maximum Gasteiger partial charge on any atom is 0.241 e. The van der Waals surface area contributed by atoms with Gasteiger partial charge < -0.3 is 14.5 Å². The van der Waals surface area contributed by atoms with Gasteiger partial charge in [-0.25, -0.2) is 9.97 Å². The fourth-order valence-corrected chi connectivity index (χ4v) is 3.43. The molecule has 4 rings (SSSR count). The molecule has 7 nitrogen and oxygen atoms in total. The molecule has 0 radical (unpaired) electrons. The minimum atomic E-state index is 0.352. The third-order valence-corrected chi connectivity index (χ3v) is 4.89. The normalized spacial score (nSPS) is 15.6. The van der Waals surface area contributed by atoms with Gasteiger partial charge in [0, 0.05) is 36.7 Å². The molecule has 0 unspecified atom stereocenters. The van der Waals surface area contributed by atoms with E-state index in [1.54, 1.807) is 25.8 Å². The molecule has 140 valence electrons. The molecule has 0 amide bonds. The van der Waals surface area contributed by atoms with Crippen molar-refractivity contribution in [3.63, 3.8) is 0 Å². The first-order valence-corrected chi connectivity index (χ1v) is 9.14. The molecule has 0 spiro atoms. The van der Waals surface area contributed by atoms with Gasteiger partial charge >= 0.3 is 0 Å². The Hall–Kier alpha value is -2.93. The Bertz CT molecular complexity index is 843. The predicted molar refractivity (Wildman–Crippen MR) is 101 cm³/mol. The van der Waals surface area contributed by atoms with Crippen molar-refractivity contribution in [2.24, 2.45) is 0 Å². The number of hydrogen-bond donors (Lipinski definition) is 1. The molecule has 1 aliphatic heterocycles. The molecule has 3 aromatic rings. The fourth-order valence-electron chi connectivity index (χ4n) is 3.43. The third-order valence-electron chi connectivity index (χ3n) is 4.89. The molecular formula is C20H23N5O2. The van der Waals surface area contributed by atoms with Crippen LogP contribution in [0.5, 0.6) is 17.4 Å². The number of piperidine rings is 1. The monoisotopic (exact) mass is 365 g/mol. The SMILES string of the molecule is COc1ccc(Oc2nccnc2C2CCN(Cc3cnc[nH]3)CC2)cc1. The second kappa shape index (κ2) is 8.18. The predicted octanol–water partition coefficient (Wildman–Crippen LogP) is 3.38. The maximum absolute atomic E-state index is 6.02. The summed E-state index contributed by atoms with van der Waals surface area (Å²) < 4.78 is 11.2. The zero-order valence-corrected chi connectivity index (χ0v) is 15.3. The molecule has 0 aliphatic carbocycles. The number of benzene rings is 1. The van der Waals surface area contributed by atoms with E-state index in [1.807, 2.05) is 30.5 Å². The first kappa shape index (κ1) is 17.5. The van der Waals surface area contributed by atoms with Crippen LogP contribution in [-0.4, -0.2) is 45.0 Å². The number of methoxy groups -OCH3 is 1. The second-order valence-electron chi connectivity index (χ2n) is 6.65. The van der Waals surface area contributed by atoms with Gasteiger partial charge in [0.1, 0.15) is 17.2 Å². The number of H-pyrrole nitrogens is 1. The van der Waals surface area contributed by atoms with Gasteiger partial charge in [0.2, 0.25) is 5.88 Å². The molecule has 7 heteroatoms. The molecule has 27 heavy (non-hydrogen) atoms. The number of hydrogen-bond acceptors (Lipinski definition) is 6. The summed E-state index contributed by atoms with van der Waals surface area (Å²) in [5, 5.41) is 0. The Balaban J connectivity index is 1.42. The summed E-state index contributed by atoms with van der Waals surface area (Å²) in [7, 11) is 1.65. The number of rotatable bonds is 6. The summed E-state index contributed by atoms with van der Waals surface area (Å²) in [6.07, 6.45) is 9.10. The van der Waals surface area contributed by atoms with Crippen LogP contribution in [0.1, 0.15) is 30.1 Å². The molecule has 0 atom stereocenters. The minimum Gasteiger partial charge on any atom is -0.497 e. The van der Waals surface area contributed by atoms with Crippen LogP contribution < -0.4 is 9.47 Å².